The van der Waals surface area contributed by atoms with Crippen LogP contribution in [-0.4, -0.2) is 32.5 Å². The van der Waals surface area contributed by atoms with Gasteiger partial charge in [0.05, 0.1) is 12.8 Å². The first-order chi connectivity index (χ1) is 9.48. The molecule has 0 radical (unpaired) electrons. The molecule has 1 aromatic heterocycles. The minimum absolute atomic E-state index is 0.0620. The fourth-order valence-corrected chi connectivity index (χ4v) is 3.67. The van der Waals surface area contributed by atoms with Crippen LogP contribution < -0.4 is 9.44 Å². The number of hydrogen-bond donors (Lipinski definition) is 2. The third-order valence-electron chi connectivity index (χ3n) is 2.71. The maximum atomic E-state index is 11.7. The Hall–Kier alpha value is -1.19. The molecule has 1 saturated carbocycles. The van der Waals surface area contributed by atoms with E-state index in [-0.39, 0.29) is 12.0 Å². The second-order valence-electron chi connectivity index (χ2n) is 4.57. The minimum atomic E-state index is -3.52. The molecular weight excluding hydrogens is 302 g/mol. The Morgan fingerprint density at radius 2 is 2.30 bits per heavy atom. The monoisotopic (exact) mass is 319 g/mol. The topological polar surface area (TPSA) is 97.4 Å². The molecule has 1 heterocycles. The van der Waals surface area contributed by atoms with E-state index in [9.17, 15) is 13.2 Å². The van der Waals surface area contributed by atoms with Gasteiger partial charge in [-0.15, -0.1) is 11.3 Å². The van der Waals surface area contributed by atoms with Gasteiger partial charge < -0.3 is 4.74 Å². The van der Waals surface area contributed by atoms with Crippen molar-refractivity contribution in [2.45, 2.75) is 38.1 Å². The van der Waals surface area contributed by atoms with Gasteiger partial charge >= 0.3 is 16.2 Å². The van der Waals surface area contributed by atoms with E-state index >= 15 is 0 Å². The molecule has 7 nitrogen and oxygen atoms in total. The highest BCUT2D eigenvalue weighted by Crippen LogP contribution is 2.22. The molecule has 9 heteroatoms. The van der Waals surface area contributed by atoms with Crippen molar-refractivity contribution < 1.29 is 17.9 Å². The SMILES string of the molecule is COC(=O)CCCc1csc(NS(=O)(=O)NC2CC2)n1. The van der Waals surface area contributed by atoms with Gasteiger partial charge in [-0.1, -0.05) is 0 Å². The zero-order valence-corrected chi connectivity index (χ0v) is 12.7. The summed E-state index contributed by atoms with van der Waals surface area (Å²) in [5.74, 6) is -0.255. The Labute approximate surface area is 121 Å². The lowest BCUT2D eigenvalue weighted by Gasteiger charge is -2.04. The summed E-state index contributed by atoms with van der Waals surface area (Å²) in [7, 11) is -2.17. The quantitative estimate of drug-likeness (QED) is 0.698. The number of thiazole rings is 1. The molecule has 1 fully saturated rings. The maximum absolute atomic E-state index is 11.7. The van der Waals surface area contributed by atoms with E-state index in [1.165, 1.54) is 18.4 Å². The van der Waals surface area contributed by atoms with E-state index in [1.807, 2.05) is 0 Å². The number of aryl methyl sites for hydroxylation is 1. The Morgan fingerprint density at radius 3 is 2.95 bits per heavy atom. The zero-order valence-electron chi connectivity index (χ0n) is 11.1. The Morgan fingerprint density at radius 1 is 1.55 bits per heavy atom. The Bertz CT molecular complexity index is 566. The first-order valence-electron chi connectivity index (χ1n) is 6.30. The van der Waals surface area contributed by atoms with Crippen LogP contribution in [0, 0.1) is 0 Å². The lowest BCUT2D eigenvalue weighted by Crippen LogP contribution is -2.31. The number of esters is 1. The molecule has 0 aromatic carbocycles. The van der Waals surface area contributed by atoms with Gasteiger partial charge in [-0.2, -0.15) is 13.1 Å². The van der Waals surface area contributed by atoms with Crippen molar-refractivity contribution in [1.29, 1.82) is 0 Å². The molecule has 20 heavy (non-hydrogen) atoms. The molecule has 0 aliphatic heterocycles. The summed E-state index contributed by atoms with van der Waals surface area (Å²) < 4.78 is 32.8. The van der Waals surface area contributed by atoms with E-state index in [0.717, 1.165) is 18.5 Å². The Balaban J connectivity index is 1.80. The number of anilines is 1. The first-order valence-corrected chi connectivity index (χ1v) is 8.66. The fraction of sp³-hybridized carbons (Fsp3) is 0.636. The molecule has 112 valence electrons. The van der Waals surface area contributed by atoms with Gasteiger partial charge in [-0.05, 0) is 25.7 Å². The van der Waals surface area contributed by atoms with Crippen LogP contribution in [0.5, 0.6) is 0 Å². The molecule has 1 aliphatic carbocycles. The molecule has 0 saturated heterocycles. The standard InChI is InChI=1S/C11H17N3O4S2/c1-18-10(15)4-2-3-9-7-19-11(12-9)14-20(16,17)13-8-5-6-8/h7-8,13H,2-6H2,1H3,(H,12,14). The highest BCUT2D eigenvalue weighted by atomic mass is 32.2. The largest absolute Gasteiger partial charge is 0.469 e. The Kier molecular flexibility index (Phi) is 4.95. The minimum Gasteiger partial charge on any atom is -0.469 e. The number of nitrogens with zero attached hydrogens (tertiary/aromatic N) is 1. The number of rotatable bonds is 8. The van der Waals surface area contributed by atoms with Gasteiger partial charge in [0.2, 0.25) is 0 Å². The van der Waals surface area contributed by atoms with Crippen LogP contribution in [0.1, 0.15) is 31.4 Å². The van der Waals surface area contributed by atoms with Crippen molar-refractivity contribution in [3.05, 3.63) is 11.1 Å². The first kappa shape index (κ1) is 15.2. The number of ether oxygens (including phenoxy) is 1. The van der Waals surface area contributed by atoms with Crippen LogP contribution in [0.2, 0.25) is 0 Å². The normalized spacial score (nSPS) is 15.1. The predicted molar refractivity (Wildman–Crippen MR) is 75.8 cm³/mol. The van der Waals surface area contributed by atoms with Crippen LogP contribution in [0.15, 0.2) is 5.38 Å². The number of carbonyl (C=O) groups excluding carboxylic acids is 1. The molecule has 0 spiro atoms. The molecule has 0 atom stereocenters. The third kappa shape index (κ3) is 5.06. The average Bonchev–Trinajstić information content (AvgIpc) is 3.07. The van der Waals surface area contributed by atoms with E-state index in [1.54, 1.807) is 5.38 Å². The number of carbonyl (C=O) groups is 1. The van der Waals surface area contributed by atoms with E-state index in [4.69, 9.17) is 0 Å². The molecule has 2 rings (SSSR count). The summed E-state index contributed by atoms with van der Waals surface area (Å²) in [6.07, 6.45) is 3.35. The van der Waals surface area contributed by atoms with Crippen LogP contribution in [-0.2, 0) is 26.2 Å². The second-order valence-corrected chi connectivity index (χ2v) is 6.88. The highest BCUT2D eigenvalue weighted by Gasteiger charge is 2.27. The lowest BCUT2D eigenvalue weighted by atomic mass is 10.2. The molecule has 2 N–H and O–H groups in total. The van der Waals surface area contributed by atoms with Crippen molar-refractivity contribution in [2.24, 2.45) is 0 Å². The van der Waals surface area contributed by atoms with E-state index < -0.39 is 10.2 Å². The highest BCUT2D eigenvalue weighted by molar-refractivity contribution is 7.91. The summed E-state index contributed by atoms with van der Waals surface area (Å²) in [5, 5.41) is 2.12. The third-order valence-corrected chi connectivity index (χ3v) is 4.76. The van der Waals surface area contributed by atoms with Gasteiger partial charge in [0.25, 0.3) is 0 Å². The van der Waals surface area contributed by atoms with Crippen molar-refractivity contribution in [2.75, 3.05) is 11.8 Å². The molecule has 0 unspecified atom stereocenters. The van der Waals surface area contributed by atoms with Gasteiger partial charge in [-0.25, -0.2) is 9.71 Å². The van der Waals surface area contributed by atoms with Gasteiger partial charge in [-0.3, -0.25) is 4.79 Å². The number of hydrogen-bond acceptors (Lipinski definition) is 6. The summed E-state index contributed by atoms with van der Waals surface area (Å²) >= 11 is 1.23. The van der Waals surface area contributed by atoms with Crippen LogP contribution >= 0.6 is 11.3 Å². The molecule has 0 amide bonds. The van der Waals surface area contributed by atoms with Crippen LogP contribution in [0.3, 0.4) is 0 Å². The lowest BCUT2D eigenvalue weighted by molar-refractivity contribution is -0.140. The van der Waals surface area contributed by atoms with Crippen molar-refractivity contribution in [3.8, 4) is 0 Å². The number of nitrogens with one attached hydrogen (secondary N) is 2. The predicted octanol–water partition coefficient (Wildman–Crippen LogP) is 1.05. The van der Waals surface area contributed by atoms with Gasteiger partial charge in [0, 0.05) is 17.8 Å². The van der Waals surface area contributed by atoms with E-state index in [2.05, 4.69) is 19.2 Å². The van der Waals surface area contributed by atoms with Crippen molar-refractivity contribution in [3.63, 3.8) is 0 Å². The van der Waals surface area contributed by atoms with Gasteiger partial charge in [0.15, 0.2) is 5.13 Å². The maximum Gasteiger partial charge on any atom is 0.305 e. The molecule has 0 bridgehead atoms. The second kappa shape index (κ2) is 6.51. The summed E-state index contributed by atoms with van der Waals surface area (Å²) in [6.45, 7) is 0. The van der Waals surface area contributed by atoms with Crippen molar-refractivity contribution >= 4 is 32.6 Å². The van der Waals surface area contributed by atoms with Crippen LogP contribution in [0.4, 0.5) is 5.13 Å². The molecule has 1 aromatic rings. The molecule has 1 aliphatic rings. The summed E-state index contributed by atoms with van der Waals surface area (Å²) in [5.41, 5.74) is 0.767. The number of methoxy groups -OCH3 is 1. The van der Waals surface area contributed by atoms with Crippen LogP contribution in [0.25, 0.3) is 0 Å². The molecular formula is C11H17N3O4S2. The van der Waals surface area contributed by atoms with Crippen molar-refractivity contribution in [1.82, 2.24) is 9.71 Å². The average molecular weight is 319 g/mol. The summed E-state index contributed by atoms with van der Waals surface area (Å²) in [4.78, 5) is 15.1. The zero-order chi connectivity index (χ0) is 14.6. The van der Waals surface area contributed by atoms with Gasteiger partial charge in [0.1, 0.15) is 0 Å². The number of aromatic nitrogens is 1. The smallest absolute Gasteiger partial charge is 0.305 e. The van der Waals surface area contributed by atoms with E-state index in [0.29, 0.717) is 24.4 Å². The summed E-state index contributed by atoms with van der Waals surface area (Å²) in [6, 6.07) is 0.0620. The fourth-order valence-electron chi connectivity index (χ4n) is 1.55.